The largest absolute Gasteiger partial charge is 0.495 e. The van der Waals surface area contributed by atoms with Crippen LogP contribution in [0.5, 0.6) is 17.2 Å². The third-order valence-electron chi connectivity index (χ3n) is 6.98. The van der Waals surface area contributed by atoms with Crippen molar-refractivity contribution in [3.05, 3.63) is 47.0 Å². The van der Waals surface area contributed by atoms with Crippen molar-refractivity contribution in [2.75, 3.05) is 26.2 Å². The van der Waals surface area contributed by atoms with E-state index in [1.807, 2.05) is 18.2 Å². The van der Waals surface area contributed by atoms with Crippen LogP contribution in [0.3, 0.4) is 0 Å². The molecule has 7 nitrogen and oxygen atoms in total. The minimum absolute atomic E-state index is 0.194. The quantitative estimate of drug-likeness (QED) is 0.640. The molecular weight excluding hydrogens is 420 g/mol. The molecule has 2 fully saturated rings. The molecule has 33 heavy (non-hydrogen) atoms. The lowest BCUT2D eigenvalue weighted by atomic mass is 9.75. The van der Waals surface area contributed by atoms with Gasteiger partial charge in [0.2, 0.25) is 11.8 Å². The second-order valence-corrected chi connectivity index (χ2v) is 8.74. The maximum absolute atomic E-state index is 12.5. The molecule has 2 aromatic rings. The second-order valence-electron chi connectivity index (χ2n) is 8.74. The fraction of sp³-hybridized carbons (Fsp3) is 0.423. The molecule has 2 heterocycles. The first-order chi connectivity index (χ1) is 16.0. The monoisotopic (exact) mass is 448 g/mol. The number of fused-ring (bicyclic) bond motifs is 3. The van der Waals surface area contributed by atoms with Crippen LogP contribution in [0.1, 0.15) is 61.1 Å². The number of methoxy groups -OCH3 is 3. The third kappa shape index (κ3) is 3.56. The molecule has 2 atom stereocenters. The molecule has 2 aromatic carbocycles. The smallest absolute Gasteiger partial charge is 0.234 e. The minimum atomic E-state index is -0.208. The van der Waals surface area contributed by atoms with Gasteiger partial charge in [-0.3, -0.25) is 14.6 Å². The molecule has 0 radical (unpaired) electrons. The number of carbonyl (C=O) groups excluding carboxylic acids is 2. The van der Waals surface area contributed by atoms with Gasteiger partial charge >= 0.3 is 0 Å². The molecule has 3 aliphatic rings. The Kier molecular flexibility index (Phi) is 5.56. The zero-order chi connectivity index (χ0) is 23.1. The minimum Gasteiger partial charge on any atom is -0.495 e. The summed E-state index contributed by atoms with van der Waals surface area (Å²) in [6.45, 7) is 0. The summed E-state index contributed by atoms with van der Waals surface area (Å²) < 4.78 is 16.7. The Morgan fingerprint density at radius 2 is 1.52 bits per heavy atom. The first-order valence-corrected chi connectivity index (χ1v) is 11.4. The zero-order valence-corrected chi connectivity index (χ0v) is 19.2. The van der Waals surface area contributed by atoms with Crippen LogP contribution in [0.25, 0.3) is 0 Å². The molecule has 2 amide bonds. The molecular formula is C26H28N2O5. The Bertz CT molecular complexity index is 1140. The van der Waals surface area contributed by atoms with Crippen LogP contribution in [0.4, 0.5) is 5.69 Å². The highest BCUT2D eigenvalue weighted by atomic mass is 16.5. The predicted octanol–water partition coefficient (Wildman–Crippen LogP) is 4.24. The molecule has 7 heteroatoms. The number of benzene rings is 2. The van der Waals surface area contributed by atoms with Crippen molar-refractivity contribution in [1.82, 2.24) is 0 Å². The Balaban J connectivity index is 1.68. The molecule has 0 unspecified atom stereocenters. The number of anilines is 1. The van der Waals surface area contributed by atoms with Crippen LogP contribution < -0.4 is 19.1 Å². The fourth-order valence-corrected chi connectivity index (χ4v) is 5.36. The molecule has 0 spiro atoms. The van der Waals surface area contributed by atoms with Crippen LogP contribution in [-0.2, 0) is 9.59 Å². The van der Waals surface area contributed by atoms with E-state index in [4.69, 9.17) is 19.2 Å². The lowest BCUT2D eigenvalue weighted by Gasteiger charge is -2.36. The summed E-state index contributed by atoms with van der Waals surface area (Å²) in [6, 6.07) is 9.87. The van der Waals surface area contributed by atoms with Crippen molar-refractivity contribution in [2.45, 2.75) is 50.5 Å². The van der Waals surface area contributed by atoms with Gasteiger partial charge in [-0.15, -0.1) is 0 Å². The van der Waals surface area contributed by atoms with Gasteiger partial charge in [0.25, 0.3) is 0 Å². The molecule has 1 saturated heterocycles. The van der Waals surface area contributed by atoms with E-state index in [-0.39, 0.29) is 30.7 Å². The summed E-state index contributed by atoms with van der Waals surface area (Å²) in [5.74, 6) is 1.78. The van der Waals surface area contributed by atoms with Crippen LogP contribution in [0.2, 0.25) is 0 Å². The first kappa shape index (κ1) is 21.5. The Hall–Kier alpha value is -3.35. The van der Waals surface area contributed by atoms with Crippen molar-refractivity contribution < 1.29 is 23.8 Å². The molecule has 5 rings (SSSR count). The summed E-state index contributed by atoms with van der Waals surface area (Å²) in [4.78, 5) is 31.4. The lowest BCUT2D eigenvalue weighted by molar-refractivity contribution is -0.121. The van der Waals surface area contributed by atoms with E-state index in [0.29, 0.717) is 28.9 Å². The third-order valence-corrected chi connectivity index (χ3v) is 6.98. The number of ether oxygens (including phenoxy) is 3. The van der Waals surface area contributed by atoms with Gasteiger partial charge in [-0.05, 0) is 48.7 Å². The number of imide groups is 1. The average Bonchev–Trinajstić information content (AvgIpc) is 3.19. The standard InChI is InChI=1S/C26H28N2O5/c1-31-21-9-8-15(12-20(21)28-24(29)10-11-25(28)30)26-18-14-23(33-3)22(32-2)13-17(18)16-6-4-5-7-19(16)27-26/h8-9,12-14,16,19H,4-7,10-11H2,1-3H3/t16-,19-/m1/s1. The summed E-state index contributed by atoms with van der Waals surface area (Å²) in [5.41, 5.74) is 4.38. The molecule has 2 aliphatic heterocycles. The maximum Gasteiger partial charge on any atom is 0.234 e. The Labute approximate surface area is 193 Å². The fourth-order valence-electron chi connectivity index (χ4n) is 5.36. The maximum atomic E-state index is 12.5. The summed E-state index contributed by atoms with van der Waals surface area (Å²) in [6.07, 6.45) is 4.91. The van der Waals surface area contributed by atoms with E-state index in [9.17, 15) is 9.59 Å². The zero-order valence-electron chi connectivity index (χ0n) is 19.2. The SMILES string of the molecule is COc1cc2c(cc1OC)[C@H]1CCCC[C@H]1N=C2c1ccc(OC)c(N2C(=O)CCC2=O)c1. The van der Waals surface area contributed by atoms with Crippen LogP contribution in [0, 0.1) is 0 Å². The number of nitrogens with zero attached hydrogens (tertiary/aromatic N) is 2. The number of hydrogen-bond donors (Lipinski definition) is 0. The predicted molar refractivity (Wildman–Crippen MR) is 125 cm³/mol. The van der Waals surface area contributed by atoms with E-state index in [2.05, 4.69) is 6.07 Å². The van der Waals surface area contributed by atoms with E-state index < -0.39 is 0 Å². The topological polar surface area (TPSA) is 77.4 Å². The van der Waals surface area contributed by atoms with Gasteiger partial charge in [-0.1, -0.05) is 12.8 Å². The summed E-state index contributed by atoms with van der Waals surface area (Å²) in [5, 5.41) is 0. The van der Waals surface area contributed by atoms with Crippen LogP contribution in [-0.4, -0.2) is 44.9 Å². The molecule has 1 saturated carbocycles. The highest BCUT2D eigenvalue weighted by molar-refractivity contribution is 6.22. The van der Waals surface area contributed by atoms with Crippen molar-refractivity contribution in [1.29, 1.82) is 0 Å². The normalized spacial score (nSPS) is 21.9. The van der Waals surface area contributed by atoms with Gasteiger partial charge in [0.1, 0.15) is 5.75 Å². The van der Waals surface area contributed by atoms with Gasteiger partial charge in [-0.2, -0.15) is 0 Å². The number of rotatable bonds is 5. The van der Waals surface area contributed by atoms with Crippen LogP contribution in [0.15, 0.2) is 35.3 Å². The van der Waals surface area contributed by atoms with Crippen molar-refractivity contribution in [3.63, 3.8) is 0 Å². The Morgan fingerprint density at radius 1 is 0.848 bits per heavy atom. The van der Waals surface area contributed by atoms with Crippen molar-refractivity contribution in [3.8, 4) is 17.2 Å². The highest BCUT2D eigenvalue weighted by Gasteiger charge is 2.36. The number of hydrogen-bond acceptors (Lipinski definition) is 6. The van der Waals surface area contributed by atoms with E-state index in [0.717, 1.165) is 36.1 Å². The number of amides is 2. The van der Waals surface area contributed by atoms with E-state index in [1.165, 1.54) is 16.9 Å². The van der Waals surface area contributed by atoms with Crippen LogP contribution >= 0.6 is 0 Å². The highest BCUT2D eigenvalue weighted by Crippen LogP contribution is 2.45. The van der Waals surface area contributed by atoms with E-state index in [1.54, 1.807) is 27.4 Å². The van der Waals surface area contributed by atoms with Gasteiger partial charge in [-0.25, -0.2) is 4.90 Å². The molecule has 172 valence electrons. The van der Waals surface area contributed by atoms with Gasteiger partial charge in [0.15, 0.2) is 11.5 Å². The molecule has 0 aromatic heterocycles. The lowest BCUT2D eigenvalue weighted by Crippen LogP contribution is -2.31. The summed E-state index contributed by atoms with van der Waals surface area (Å²) in [7, 11) is 4.82. The molecule has 0 N–H and O–H groups in total. The van der Waals surface area contributed by atoms with Gasteiger partial charge in [0, 0.05) is 29.9 Å². The summed E-state index contributed by atoms with van der Waals surface area (Å²) >= 11 is 0. The second kappa shape index (κ2) is 8.54. The average molecular weight is 449 g/mol. The number of aliphatic imine (C=N–C) groups is 1. The Morgan fingerprint density at radius 3 is 2.21 bits per heavy atom. The first-order valence-electron chi connectivity index (χ1n) is 11.4. The molecule has 0 bridgehead atoms. The molecule has 1 aliphatic carbocycles. The van der Waals surface area contributed by atoms with E-state index >= 15 is 0 Å². The van der Waals surface area contributed by atoms with Crippen molar-refractivity contribution >= 4 is 23.2 Å². The van der Waals surface area contributed by atoms with Crippen molar-refractivity contribution in [2.24, 2.45) is 4.99 Å². The van der Waals surface area contributed by atoms with Gasteiger partial charge in [0.05, 0.1) is 38.8 Å². The van der Waals surface area contributed by atoms with Gasteiger partial charge < -0.3 is 14.2 Å². The number of carbonyl (C=O) groups is 2.